The topological polar surface area (TPSA) is 143 Å². The van der Waals surface area contributed by atoms with Gasteiger partial charge in [-0.1, -0.05) is 30.3 Å². The van der Waals surface area contributed by atoms with Crippen LogP contribution in [-0.2, 0) is 14.8 Å². The Labute approximate surface area is 271 Å². The molecule has 0 bridgehead atoms. The summed E-state index contributed by atoms with van der Waals surface area (Å²) in [6, 6.07) is 21.8. The molecule has 0 atom stereocenters. The van der Waals surface area contributed by atoms with Crippen molar-refractivity contribution in [2.24, 2.45) is 11.8 Å². The van der Waals surface area contributed by atoms with Gasteiger partial charge in [-0.3, -0.25) is 0 Å². The number of hydrogen-bond donors (Lipinski definition) is 4. The van der Waals surface area contributed by atoms with Crippen molar-refractivity contribution in [3.05, 3.63) is 78.9 Å². The second-order valence-electron chi connectivity index (χ2n) is 10.8. The van der Waals surface area contributed by atoms with E-state index in [1.165, 1.54) is 0 Å². The third kappa shape index (κ3) is 11.0. The number of halogens is 6. The lowest BCUT2D eigenvalue weighted by molar-refractivity contribution is -0.274. The van der Waals surface area contributed by atoms with Crippen molar-refractivity contribution in [2.45, 2.75) is 43.1 Å². The summed E-state index contributed by atoms with van der Waals surface area (Å²) in [4.78, 5) is 18.2. The lowest BCUT2D eigenvalue weighted by atomic mass is 9.82. The zero-order chi connectivity index (χ0) is 35.0. The summed E-state index contributed by atoms with van der Waals surface area (Å²) in [7, 11) is -3.85. The Kier molecular flexibility index (Phi) is 11.7. The van der Waals surface area contributed by atoms with Gasteiger partial charge in [0, 0.05) is 24.2 Å². The lowest BCUT2D eigenvalue weighted by Gasteiger charge is -2.28. The Morgan fingerprint density at radius 1 is 0.812 bits per heavy atom. The molecule has 3 aromatic carbocycles. The first-order chi connectivity index (χ1) is 22.6. The molecule has 10 nitrogen and oxygen atoms in total. The zero-order valence-corrected chi connectivity index (χ0v) is 25.9. The molecule has 1 aliphatic rings. The first-order valence-corrected chi connectivity index (χ1v) is 16.1. The van der Waals surface area contributed by atoms with Crippen LogP contribution in [0.2, 0.25) is 0 Å². The van der Waals surface area contributed by atoms with Crippen LogP contribution in [0.15, 0.2) is 83.8 Å². The highest BCUT2D eigenvalue weighted by Crippen LogP contribution is 2.30. The van der Waals surface area contributed by atoms with Gasteiger partial charge in [0.05, 0.1) is 10.4 Å². The molecule has 0 radical (unpaired) electrons. The normalized spacial score (nSPS) is 16.8. The van der Waals surface area contributed by atoms with Crippen LogP contribution in [0.25, 0.3) is 10.9 Å². The van der Waals surface area contributed by atoms with Crippen molar-refractivity contribution in [3.63, 3.8) is 0 Å². The van der Waals surface area contributed by atoms with Gasteiger partial charge in [0.15, 0.2) is 0 Å². The van der Waals surface area contributed by atoms with Gasteiger partial charge in [0.25, 0.3) is 0 Å². The number of nitrogens with zero attached hydrogens (tertiary/aromatic N) is 2. The Balaban J connectivity index is 0.000000671. The summed E-state index contributed by atoms with van der Waals surface area (Å²) in [6.07, 6.45) is -6.37. The summed E-state index contributed by atoms with van der Waals surface area (Å²) in [5.41, 5.74) is 1.77. The monoisotopic (exact) mass is 699 g/mol. The smallest absolute Gasteiger partial charge is 0.475 e. The first kappa shape index (κ1) is 36.2. The zero-order valence-electron chi connectivity index (χ0n) is 25.1. The van der Waals surface area contributed by atoms with Crippen molar-refractivity contribution < 1.29 is 49.4 Å². The predicted molar refractivity (Wildman–Crippen MR) is 165 cm³/mol. The predicted octanol–water partition coefficient (Wildman–Crippen LogP) is 7.10. The number of alkyl halides is 6. The van der Waals surface area contributed by atoms with Gasteiger partial charge in [-0.15, -0.1) is 13.2 Å². The molecule has 4 N–H and O–H groups in total. The van der Waals surface area contributed by atoms with Crippen LogP contribution in [0.3, 0.4) is 0 Å². The molecule has 1 heterocycles. The van der Waals surface area contributed by atoms with Crippen molar-refractivity contribution in [1.82, 2.24) is 14.7 Å². The van der Waals surface area contributed by atoms with Gasteiger partial charge >= 0.3 is 18.5 Å². The molecule has 48 heavy (non-hydrogen) atoms. The molecule has 0 saturated heterocycles. The Hall–Kier alpha value is -4.64. The maximum atomic E-state index is 12.6. The van der Waals surface area contributed by atoms with E-state index in [0.717, 1.165) is 72.4 Å². The van der Waals surface area contributed by atoms with E-state index < -0.39 is 34.3 Å². The number of hydrogen-bond acceptors (Lipinski definition) is 8. The Morgan fingerprint density at radius 3 is 1.96 bits per heavy atom. The van der Waals surface area contributed by atoms with E-state index in [1.54, 1.807) is 0 Å². The summed E-state index contributed by atoms with van der Waals surface area (Å²) in [5, 5.41) is 14.8. The minimum Gasteiger partial charge on any atom is -0.475 e. The minimum absolute atomic E-state index is 0.110. The van der Waals surface area contributed by atoms with Gasteiger partial charge in [-0.25, -0.2) is 22.9 Å². The number of para-hydroxylation sites is 2. The standard InChI is InChI=1S/C29H30F3N5O3S.C2HF3O2/c30-29(31,32)40-23-14-16-24(17-15-23)41(38,39)34-19-21-12-10-20(11-13-21)18-33-28-36-26-9-5-4-8-25(26)27(37-28)35-22-6-2-1-3-7-22;3-2(4,5)1(6)7/h1-9,14-17,20-21,34H,10-13,18-19H2,(H2,33,35,36,37);(H,6,7). The fourth-order valence-corrected chi connectivity index (χ4v) is 6.03. The van der Waals surface area contributed by atoms with E-state index >= 15 is 0 Å². The number of aliphatic carboxylic acids is 1. The SMILES string of the molecule is O=C(O)C(F)(F)F.O=S(=O)(NCC1CCC(CNc2nc(Nc3ccccc3)c3ccccc3n2)CC1)c1ccc(OC(F)(F)F)cc1. The van der Waals surface area contributed by atoms with Gasteiger partial charge < -0.3 is 20.5 Å². The van der Waals surface area contributed by atoms with Gasteiger partial charge in [0.1, 0.15) is 11.6 Å². The number of sulfonamides is 1. The molecular weight excluding hydrogens is 668 g/mol. The maximum Gasteiger partial charge on any atom is 0.573 e. The molecule has 0 aliphatic heterocycles. The van der Waals surface area contributed by atoms with Crippen molar-refractivity contribution >= 4 is 44.3 Å². The van der Waals surface area contributed by atoms with Crippen LogP contribution in [0.1, 0.15) is 25.7 Å². The third-order valence-electron chi connectivity index (χ3n) is 7.33. The second-order valence-corrected chi connectivity index (χ2v) is 12.6. The van der Waals surface area contributed by atoms with Gasteiger partial charge in [-0.05, 0) is 86.1 Å². The Bertz CT molecular complexity index is 1770. The number of carboxylic acid groups (broad SMARTS) is 1. The number of fused-ring (bicyclic) bond motifs is 1. The molecule has 0 amide bonds. The van der Waals surface area contributed by atoms with E-state index in [0.29, 0.717) is 18.4 Å². The number of aromatic nitrogens is 2. The molecule has 1 fully saturated rings. The van der Waals surface area contributed by atoms with Crippen molar-refractivity contribution in [3.8, 4) is 5.75 Å². The molecule has 1 aliphatic carbocycles. The van der Waals surface area contributed by atoms with Crippen LogP contribution < -0.4 is 20.1 Å². The number of rotatable bonds is 10. The summed E-state index contributed by atoms with van der Waals surface area (Å²) < 4.78 is 100. The third-order valence-corrected chi connectivity index (χ3v) is 8.77. The van der Waals surface area contributed by atoms with Crippen molar-refractivity contribution in [1.29, 1.82) is 0 Å². The average molecular weight is 700 g/mol. The average Bonchev–Trinajstić information content (AvgIpc) is 3.03. The quantitative estimate of drug-likeness (QED) is 0.128. The molecule has 5 rings (SSSR count). The molecule has 258 valence electrons. The molecule has 0 spiro atoms. The number of benzene rings is 3. The van der Waals surface area contributed by atoms with E-state index in [2.05, 4.69) is 25.1 Å². The van der Waals surface area contributed by atoms with E-state index in [9.17, 15) is 34.8 Å². The fraction of sp³-hybridized carbons (Fsp3) is 0.323. The van der Waals surface area contributed by atoms with E-state index in [1.807, 2.05) is 54.6 Å². The number of carboxylic acids is 1. The van der Waals surface area contributed by atoms with Crippen molar-refractivity contribution in [2.75, 3.05) is 23.7 Å². The first-order valence-electron chi connectivity index (χ1n) is 14.6. The van der Waals surface area contributed by atoms with Crippen LogP contribution in [0, 0.1) is 11.8 Å². The highest BCUT2D eigenvalue weighted by Gasteiger charge is 2.38. The summed E-state index contributed by atoms with van der Waals surface area (Å²) in [6.45, 7) is 0.972. The molecule has 1 aromatic heterocycles. The fourth-order valence-electron chi connectivity index (χ4n) is 4.92. The summed E-state index contributed by atoms with van der Waals surface area (Å²) >= 11 is 0. The minimum atomic E-state index is -5.08. The van der Waals surface area contributed by atoms with Crippen LogP contribution in [0.5, 0.6) is 5.75 Å². The maximum absolute atomic E-state index is 12.6. The number of ether oxygens (including phenoxy) is 1. The van der Waals surface area contributed by atoms with E-state index in [-0.39, 0.29) is 17.4 Å². The number of anilines is 3. The van der Waals surface area contributed by atoms with Crippen LogP contribution in [-0.4, -0.2) is 55.1 Å². The van der Waals surface area contributed by atoms with E-state index in [4.69, 9.17) is 14.9 Å². The van der Waals surface area contributed by atoms with Crippen LogP contribution >= 0.6 is 0 Å². The highest BCUT2D eigenvalue weighted by atomic mass is 32.2. The molecular formula is C31H31F6N5O5S. The molecule has 1 saturated carbocycles. The molecule has 17 heteroatoms. The molecule has 0 unspecified atom stereocenters. The van der Waals surface area contributed by atoms with Crippen LogP contribution in [0.4, 0.5) is 43.8 Å². The number of nitrogens with one attached hydrogen (secondary N) is 3. The second kappa shape index (κ2) is 15.5. The highest BCUT2D eigenvalue weighted by molar-refractivity contribution is 7.89. The van der Waals surface area contributed by atoms with Gasteiger partial charge in [0.2, 0.25) is 16.0 Å². The lowest BCUT2D eigenvalue weighted by Crippen LogP contribution is -2.32. The largest absolute Gasteiger partial charge is 0.573 e. The summed E-state index contributed by atoms with van der Waals surface area (Å²) in [5.74, 6) is -1.39. The van der Waals surface area contributed by atoms with Gasteiger partial charge in [-0.2, -0.15) is 18.2 Å². The number of carbonyl (C=O) groups is 1. The molecule has 4 aromatic rings. The Morgan fingerprint density at radius 2 is 1.38 bits per heavy atom.